The Hall–Kier alpha value is -2.31. The highest BCUT2D eigenvalue weighted by atomic mass is 16.5. The summed E-state index contributed by atoms with van der Waals surface area (Å²) in [4.78, 5) is 28.6. The standard InChI is InChI=1S/C24H34N4O3/c1-25-22(29)21-11-20(6-7-26-21)31-19-4-2-18(3-5-19)27-23(30)28-24-12-15-8-16(13-24)10-17(9-15)14-24/h6-7,11,15-19H,2-5,8-10,12-14H2,1H3,(H,25,29)(H2,27,28,30). The highest BCUT2D eigenvalue weighted by Gasteiger charge is 2.51. The highest BCUT2D eigenvalue weighted by Crippen LogP contribution is 2.55. The fourth-order valence-corrected chi connectivity index (χ4v) is 6.98. The van der Waals surface area contributed by atoms with Gasteiger partial charge in [-0.2, -0.15) is 0 Å². The van der Waals surface area contributed by atoms with Crippen molar-refractivity contribution in [1.29, 1.82) is 0 Å². The summed E-state index contributed by atoms with van der Waals surface area (Å²) < 4.78 is 6.09. The monoisotopic (exact) mass is 426 g/mol. The lowest BCUT2D eigenvalue weighted by molar-refractivity contribution is -0.0138. The average Bonchev–Trinajstić information content (AvgIpc) is 2.73. The molecule has 4 bridgehead atoms. The van der Waals surface area contributed by atoms with Gasteiger partial charge in [0.05, 0.1) is 6.10 Å². The van der Waals surface area contributed by atoms with E-state index in [0.29, 0.717) is 11.4 Å². The Morgan fingerprint density at radius 2 is 1.68 bits per heavy atom. The molecular weight excluding hydrogens is 392 g/mol. The molecule has 7 heteroatoms. The summed E-state index contributed by atoms with van der Waals surface area (Å²) in [6.07, 6.45) is 13.0. The molecule has 0 unspecified atom stereocenters. The van der Waals surface area contributed by atoms with E-state index in [2.05, 4.69) is 20.9 Å². The first-order valence-electron chi connectivity index (χ1n) is 11.9. The molecule has 5 aliphatic rings. The summed E-state index contributed by atoms with van der Waals surface area (Å²) >= 11 is 0. The van der Waals surface area contributed by atoms with Crippen LogP contribution in [0.1, 0.15) is 74.7 Å². The van der Waals surface area contributed by atoms with Crippen LogP contribution in [0.5, 0.6) is 5.75 Å². The third-order valence-electron chi connectivity index (χ3n) is 7.92. The summed E-state index contributed by atoms with van der Waals surface area (Å²) in [5, 5.41) is 9.24. The SMILES string of the molecule is CNC(=O)c1cc(OC2CCC(NC(=O)NC34CC5CC(CC(C5)C3)C4)CC2)ccn1. The summed E-state index contributed by atoms with van der Waals surface area (Å²) in [6.45, 7) is 0. The molecule has 6 rings (SSSR count). The summed E-state index contributed by atoms with van der Waals surface area (Å²) in [7, 11) is 1.59. The van der Waals surface area contributed by atoms with Crippen molar-refractivity contribution in [1.82, 2.24) is 20.9 Å². The van der Waals surface area contributed by atoms with E-state index in [-0.39, 0.29) is 29.6 Å². The van der Waals surface area contributed by atoms with Crippen LogP contribution in [-0.2, 0) is 0 Å². The molecule has 5 aliphatic carbocycles. The van der Waals surface area contributed by atoms with Gasteiger partial charge < -0.3 is 20.7 Å². The van der Waals surface area contributed by atoms with Crippen molar-refractivity contribution >= 4 is 11.9 Å². The van der Waals surface area contributed by atoms with Crippen molar-refractivity contribution in [2.45, 2.75) is 81.9 Å². The molecule has 0 atom stereocenters. The number of pyridine rings is 1. The Balaban J connectivity index is 1.09. The van der Waals surface area contributed by atoms with Crippen LogP contribution in [0, 0.1) is 17.8 Å². The van der Waals surface area contributed by atoms with Gasteiger partial charge >= 0.3 is 6.03 Å². The second kappa shape index (κ2) is 8.32. The van der Waals surface area contributed by atoms with Crippen LogP contribution in [-0.4, -0.2) is 41.7 Å². The van der Waals surface area contributed by atoms with E-state index in [4.69, 9.17) is 4.74 Å². The van der Waals surface area contributed by atoms with Gasteiger partial charge in [-0.05, 0) is 88.0 Å². The predicted molar refractivity (Wildman–Crippen MR) is 117 cm³/mol. The van der Waals surface area contributed by atoms with Crippen LogP contribution in [0.4, 0.5) is 4.79 Å². The topological polar surface area (TPSA) is 92.4 Å². The normalized spacial score (nSPS) is 36.0. The second-order valence-corrected chi connectivity index (χ2v) is 10.3. The molecule has 1 aromatic rings. The molecule has 1 heterocycles. The first kappa shape index (κ1) is 20.6. The van der Waals surface area contributed by atoms with E-state index < -0.39 is 0 Å². The van der Waals surface area contributed by atoms with Crippen LogP contribution in [0.3, 0.4) is 0 Å². The van der Waals surface area contributed by atoms with Crippen molar-refractivity contribution in [2.75, 3.05) is 7.05 Å². The second-order valence-electron chi connectivity index (χ2n) is 10.3. The van der Waals surface area contributed by atoms with Gasteiger partial charge in [-0.15, -0.1) is 0 Å². The van der Waals surface area contributed by atoms with Gasteiger partial charge in [-0.3, -0.25) is 9.78 Å². The Morgan fingerprint density at radius 3 is 2.29 bits per heavy atom. The van der Waals surface area contributed by atoms with Crippen LogP contribution < -0.4 is 20.7 Å². The molecule has 3 amide bonds. The number of carbonyl (C=O) groups excluding carboxylic acids is 2. The smallest absolute Gasteiger partial charge is 0.315 e. The number of urea groups is 1. The molecule has 0 radical (unpaired) electrons. The molecule has 5 fully saturated rings. The van der Waals surface area contributed by atoms with Crippen LogP contribution in [0.15, 0.2) is 18.3 Å². The van der Waals surface area contributed by atoms with Gasteiger partial charge in [0.15, 0.2) is 0 Å². The minimum absolute atomic E-state index is 0.0238. The van der Waals surface area contributed by atoms with Gasteiger partial charge in [0.1, 0.15) is 11.4 Å². The zero-order valence-electron chi connectivity index (χ0n) is 18.4. The Bertz CT molecular complexity index is 799. The minimum atomic E-state index is -0.219. The van der Waals surface area contributed by atoms with E-state index >= 15 is 0 Å². The summed E-state index contributed by atoms with van der Waals surface area (Å²) in [6, 6.07) is 3.70. The number of hydrogen-bond donors (Lipinski definition) is 3. The zero-order chi connectivity index (χ0) is 21.4. The first-order valence-corrected chi connectivity index (χ1v) is 11.9. The molecule has 7 nitrogen and oxygen atoms in total. The largest absolute Gasteiger partial charge is 0.490 e. The number of aromatic nitrogens is 1. The third-order valence-corrected chi connectivity index (χ3v) is 7.92. The lowest BCUT2D eigenvalue weighted by Crippen LogP contribution is -2.62. The first-order chi connectivity index (χ1) is 15.0. The van der Waals surface area contributed by atoms with E-state index in [1.54, 1.807) is 25.4 Å². The molecule has 0 saturated heterocycles. The lowest BCUT2D eigenvalue weighted by atomic mass is 9.53. The molecule has 0 aliphatic heterocycles. The van der Waals surface area contributed by atoms with E-state index in [1.165, 1.54) is 38.5 Å². The van der Waals surface area contributed by atoms with Gasteiger partial charge in [0.2, 0.25) is 0 Å². The quantitative estimate of drug-likeness (QED) is 0.673. The molecule has 31 heavy (non-hydrogen) atoms. The number of amides is 3. The number of hydrogen-bond acceptors (Lipinski definition) is 4. The number of nitrogens with one attached hydrogen (secondary N) is 3. The van der Waals surface area contributed by atoms with Crippen LogP contribution in [0.2, 0.25) is 0 Å². The number of rotatable bonds is 5. The third kappa shape index (κ3) is 4.51. The van der Waals surface area contributed by atoms with Crippen molar-refractivity contribution in [3.05, 3.63) is 24.0 Å². The zero-order valence-corrected chi connectivity index (χ0v) is 18.4. The Labute approximate surface area is 184 Å². The maximum absolute atomic E-state index is 12.8. The Kier molecular flexibility index (Phi) is 5.52. The average molecular weight is 427 g/mol. The van der Waals surface area contributed by atoms with Crippen molar-refractivity contribution in [3.8, 4) is 5.75 Å². The predicted octanol–water partition coefficient (Wildman–Crippen LogP) is 3.40. The maximum atomic E-state index is 12.8. The molecule has 0 spiro atoms. The minimum Gasteiger partial charge on any atom is -0.490 e. The van der Waals surface area contributed by atoms with Gasteiger partial charge in [0, 0.05) is 30.9 Å². The van der Waals surface area contributed by atoms with E-state index in [1.807, 2.05) is 0 Å². The van der Waals surface area contributed by atoms with Gasteiger partial charge in [-0.1, -0.05) is 0 Å². The molecule has 1 aromatic heterocycles. The van der Waals surface area contributed by atoms with Gasteiger partial charge in [0.25, 0.3) is 5.91 Å². The van der Waals surface area contributed by atoms with E-state index in [0.717, 1.165) is 43.4 Å². The van der Waals surface area contributed by atoms with Crippen LogP contribution >= 0.6 is 0 Å². The van der Waals surface area contributed by atoms with Crippen molar-refractivity contribution < 1.29 is 14.3 Å². The number of carbonyl (C=O) groups is 2. The fourth-order valence-electron chi connectivity index (χ4n) is 6.98. The Morgan fingerprint density at radius 1 is 1.03 bits per heavy atom. The molecule has 5 saturated carbocycles. The molecular formula is C24H34N4O3. The van der Waals surface area contributed by atoms with Crippen molar-refractivity contribution in [3.63, 3.8) is 0 Å². The fraction of sp³-hybridized carbons (Fsp3) is 0.708. The van der Waals surface area contributed by atoms with Crippen molar-refractivity contribution in [2.24, 2.45) is 17.8 Å². The lowest BCUT2D eigenvalue weighted by Gasteiger charge is -2.56. The van der Waals surface area contributed by atoms with Gasteiger partial charge in [-0.25, -0.2) is 4.79 Å². The molecule has 3 N–H and O–H groups in total. The summed E-state index contributed by atoms with van der Waals surface area (Å²) in [5.41, 5.74) is 0.417. The molecule has 168 valence electrons. The highest BCUT2D eigenvalue weighted by molar-refractivity contribution is 5.92. The number of nitrogens with zero attached hydrogens (tertiary/aromatic N) is 1. The number of ether oxygens (including phenoxy) is 1. The summed E-state index contributed by atoms with van der Waals surface area (Å²) in [5.74, 6) is 2.94. The van der Waals surface area contributed by atoms with E-state index in [9.17, 15) is 9.59 Å². The molecule has 0 aromatic carbocycles. The maximum Gasteiger partial charge on any atom is 0.315 e. The van der Waals surface area contributed by atoms with Crippen LogP contribution in [0.25, 0.3) is 0 Å².